The molecule has 3 aliphatic heterocycles. The molecule has 0 radical (unpaired) electrons. The number of piperidine rings is 1. The maximum absolute atomic E-state index is 13.2. The fourth-order valence-corrected chi connectivity index (χ4v) is 7.70. The van der Waals surface area contributed by atoms with Crippen molar-refractivity contribution >= 4 is 55.9 Å². The summed E-state index contributed by atoms with van der Waals surface area (Å²) in [6, 6.07) is 9.56. The van der Waals surface area contributed by atoms with Crippen molar-refractivity contribution in [3.8, 4) is 0 Å². The molecule has 0 aromatic heterocycles. The molecule has 2 N–H and O–H groups in total. The van der Waals surface area contributed by atoms with Gasteiger partial charge in [-0.05, 0) is 54.3 Å². The molecule has 2 aromatic carbocycles. The number of benzene rings is 2. The maximum atomic E-state index is 13.2. The molecule has 3 aliphatic rings. The highest BCUT2D eigenvalue weighted by molar-refractivity contribution is 7.91. The lowest BCUT2D eigenvalue weighted by atomic mass is 10.0. The van der Waals surface area contributed by atoms with Crippen LogP contribution in [-0.2, 0) is 33.8 Å². The molecular weight excluding hydrogens is 662 g/mol. The predicted molar refractivity (Wildman–Crippen MR) is 178 cm³/mol. The van der Waals surface area contributed by atoms with Crippen molar-refractivity contribution in [3.63, 3.8) is 0 Å². The van der Waals surface area contributed by atoms with Crippen molar-refractivity contribution in [2.75, 3.05) is 45.5 Å². The number of unbranched alkanes of at least 4 members (excludes halogenated alkanes) is 2. The lowest BCUT2D eigenvalue weighted by Crippen LogP contribution is -2.51. The van der Waals surface area contributed by atoms with Gasteiger partial charge in [0.05, 0.1) is 30.4 Å². The average Bonchev–Trinajstić information content (AvgIpc) is 3.61. The lowest BCUT2D eigenvalue weighted by Gasteiger charge is -2.37. The molecule has 2 fully saturated rings. The van der Waals surface area contributed by atoms with Crippen LogP contribution in [0, 0.1) is 0 Å². The number of nitrogens with one attached hydrogen (secondary N) is 1. The minimum Gasteiger partial charge on any atom is -0.444 e. The van der Waals surface area contributed by atoms with E-state index >= 15 is 0 Å². The molecule has 260 valence electrons. The Hall–Kier alpha value is -3.88. The van der Waals surface area contributed by atoms with Gasteiger partial charge in [0.15, 0.2) is 16.6 Å². The van der Waals surface area contributed by atoms with Crippen molar-refractivity contribution in [2.24, 2.45) is 0 Å². The van der Waals surface area contributed by atoms with Crippen LogP contribution in [0.3, 0.4) is 0 Å². The van der Waals surface area contributed by atoms with Crippen LogP contribution in [0.15, 0.2) is 53.2 Å². The first-order valence-corrected chi connectivity index (χ1v) is 18.3. The molecule has 0 spiro atoms. The number of fused-ring (bicyclic) bond motifs is 2. The number of hydrogen-bond donors (Lipinski definition) is 2. The summed E-state index contributed by atoms with van der Waals surface area (Å²) >= 11 is 6.01. The minimum absolute atomic E-state index is 0.00908. The standard InChI is InChI=1S/C33H42ClN5O8S/c1-2-3-4-5-30(41)35-13-10-31(42)47-22-36-18-28-32(43)39(21-38(28)20-36)26-11-14-37(15-12-26)33(44)29(40)19-48(45,46)27-9-7-23-16-25(34)8-6-24(23)17-27/h6-9,16-18,26,29,40H,2-5,10-15,19-22H2,1H3,(H,35,41)/t29-/m1/s1. The molecule has 0 bridgehead atoms. The topological polar surface area (TPSA) is 157 Å². The van der Waals surface area contributed by atoms with Gasteiger partial charge in [0.2, 0.25) is 5.91 Å². The van der Waals surface area contributed by atoms with Crippen LogP contribution in [0.5, 0.6) is 0 Å². The van der Waals surface area contributed by atoms with E-state index in [1.165, 1.54) is 17.0 Å². The zero-order valence-corrected chi connectivity index (χ0v) is 28.5. The summed E-state index contributed by atoms with van der Waals surface area (Å²) in [4.78, 5) is 57.0. The number of ether oxygens (including phenoxy) is 1. The average molecular weight is 704 g/mol. The van der Waals surface area contributed by atoms with Gasteiger partial charge in [0, 0.05) is 43.3 Å². The first-order valence-electron chi connectivity index (χ1n) is 16.3. The van der Waals surface area contributed by atoms with E-state index in [1.54, 1.807) is 40.3 Å². The number of sulfone groups is 1. The summed E-state index contributed by atoms with van der Waals surface area (Å²) in [5, 5.41) is 15.3. The van der Waals surface area contributed by atoms with E-state index in [9.17, 15) is 32.7 Å². The Kier molecular flexibility index (Phi) is 11.5. The number of esters is 1. The van der Waals surface area contributed by atoms with Crippen LogP contribution >= 0.6 is 11.6 Å². The summed E-state index contributed by atoms with van der Waals surface area (Å²) in [5.74, 6) is -2.05. The van der Waals surface area contributed by atoms with E-state index in [2.05, 4.69) is 12.2 Å². The van der Waals surface area contributed by atoms with Gasteiger partial charge < -0.3 is 34.8 Å². The Balaban J connectivity index is 1.04. The number of nitrogens with zero attached hydrogens (tertiary/aromatic N) is 4. The first kappa shape index (κ1) is 35.4. The Morgan fingerprint density at radius 1 is 1.04 bits per heavy atom. The fraction of sp³-hybridized carbons (Fsp3) is 0.515. The highest BCUT2D eigenvalue weighted by Crippen LogP contribution is 2.30. The molecule has 3 heterocycles. The number of rotatable bonds is 14. The van der Waals surface area contributed by atoms with E-state index in [1.807, 2.05) is 4.90 Å². The van der Waals surface area contributed by atoms with Gasteiger partial charge in [0.25, 0.3) is 11.8 Å². The first-order chi connectivity index (χ1) is 22.9. The highest BCUT2D eigenvalue weighted by atomic mass is 35.5. The van der Waals surface area contributed by atoms with E-state index in [-0.39, 0.29) is 55.5 Å². The third-order valence-electron chi connectivity index (χ3n) is 8.86. The van der Waals surface area contributed by atoms with Gasteiger partial charge in [-0.15, -0.1) is 0 Å². The van der Waals surface area contributed by atoms with Gasteiger partial charge in [-0.2, -0.15) is 0 Å². The fourth-order valence-electron chi connectivity index (χ4n) is 6.18. The van der Waals surface area contributed by atoms with Crippen LogP contribution < -0.4 is 5.32 Å². The van der Waals surface area contributed by atoms with Crippen LogP contribution in [0.1, 0.15) is 51.9 Å². The predicted octanol–water partition coefficient (Wildman–Crippen LogP) is 2.42. The summed E-state index contributed by atoms with van der Waals surface area (Å²) in [6.07, 6.45) is 4.29. The Bertz CT molecular complexity index is 1680. The number of likely N-dealkylation sites (tertiary alicyclic amines) is 1. The number of aliphatic hydroxyl groups excluding tert-OH is 1. The molecule has 1 atom stereocenters. The molecule has 0 saturated carbocycles. The molecule has 2 saturated heterocycles. The van der Waals surface area contributed by atoms with Crippen molar-refractivity contribution in [2.45, 2.75) is 68.9 Å². The monoisotopic (exact) mass is 703 g/mol. The second kappa shape index (κ2) is 15.6. The van der Waals surface area contributed by atoms with Crippen LogP contribution in [0.2, 0.25) is 5.02 Å². The van der Waals surface area contributed by atoms with E-state index in [4.69, 9.17) is 16.3 Å². The van der Waals surface area contributed by atoms with Gasteiger partial charge in [-0.25, -0.2) is 8.42 Å². The molecule has 5 rings (SSSR count). The van der Waals surface area contributed by atoms with Crippen LogP contribution in [0.4, 0.5) is 0 Å². The number of carbonyl (C=O) groups is 4. The van der Waals surface area contributed by atoms with Crippen molar-refractivity contribution < 1.29 is 37.4 Å². The Morgan fingerprint density at radius 2 is 1.77 bits per heavy atom. The van der Waals surface area contributed by atoms with Crippen LogP contribution in [-0.4, -0.2) is 114 Å². The Labute approximate surface area is 285 Å². The summed E-state index contributed by atoms with van der Waals surface area (Å²) in [5.41, 5.74) is 0.501. The third-order valence-corrected chi connectivity index (χ3v) is 10.8. The normalized spacial score (nSPS) is 17.5. The zero-order valence-electron chi connectivity index (χ0n) is 27.0. The van der Waals surface area contributed by atoms with Gasteiger partial charge in [-0.3, -0.25) is 19.2 Å². The quantitative estimate of drug-likeness (QED) is 0.221. The van der Waals surface area contributed by atoms with Gasteiger partial charge in [0.1, 0.15) is 11.8 Å². The second-order valence-corrected chi connectivity index (χ2v) is 14.9. The summed E-state index contributed by atoms with van der Waals surface area (Å²) in [6.45, 7) is 3.57. The summed E-state index contributed by atoms with van der Waals surface area (Å²) in [7, 11) is -3.95. The third kappa shape index (κ3) is 8.58. The molecule has 48 heavy (non-hydrogen) atoms. The number of hydrogen-bond acceptors (Lipinski definition) is 10. The van der Waals surface area contributed by atoms with Gasteiger partial charge >= 0.3 is 5.97 Å². The zero-order chi connectivity index (χ0) is 34.4. The van der Waals surface area contributed by atoms with E-state index in [0.29, 0.717) is 48.7 Å². The minimum atomic E-state index is -3.95. The number of halogens is 1. The molecule has 13 nitrogen and oxygen atoms in total. The van der Waals surface area contributed by atoms with E-state index in [0.717, 1.165) is 24.6 Å². The van der Waals surface area contributed by atoms with Crippen molar-refractivity contribution in [3.05, 3.63) is 53.3 Å². The maximum Gasteiger partial charge on any atom is 0.309 e. The molecule has 2 aromatic rings. The molecule has 3 amide bonds. The molecule has 0 unspecified atom stereocenters. The highest BCUT2D eigenvalue weighted by Gasteiger charge is 2.42. The lowest BCUT2D eigenvalue weighted by molar-refractivity contribution is -0.147. The molecule has 15 heteroatoms. The van der Waals surface area contributed by atoms with Crippen molar-refractivity contribution in [1.29, 1.82) is 0 Å². The van der Waals surface area contributed by atoms with Gasteiger partial charge in [-0.1, -0.05) is 43.5 Å². The largest absolute Gasteiger partial charge is 0.444 e. The molecular formula is C33H42ClN5O8S. The van der Waals surface area contributed by atoms with E-state index < -0.39 is 33.6 Å². The number of aliphatic hydroxyl groups is 1. The number of carbonyl (C=O) groups excluding carboxylic acids is 4. The molecule has 0 aliphatic carbocycles. The number of amides is 3. The Morgan fingerprint density at radius 3 is 2.50 bits per heavy atom. The second-order valence-electron chi connectivity index (χ2n) is 12.4. The summed E-state index contributed by atoms with van der Waals surface area (Å²) < 4.78 is 31.4. The SMILES string of the molecule is CCCCCC(=O)NCCC(=O)OCN1C=C2C(=O)N(C3CCN(C(=O)[C@H](O)CS(=O)(=O)c4ccc5cc(Cl)ccc5c4)CC3)CN2C1. The smallest absolute Gasteiger partial charge is 0.309 e. The van der Waals surface area contributed by atoms with Crippen LogP contribution in [0.25, 0.3) is 10.8 Å². The van der Waals surface area contributed by atoms with Crippen molar-refractivity contribution in [1.82, 2.24) is 24.9 Å².